The first-order chi connectivity index (χ1) is 18.1. The summed E-state index contributed by atoms with van der Waals surface area (Å²) in [6, 6.07) is 9.73. The molecule has 0 aliphatic heterocycles. The van der Waals surface area contributed by atoms with Crippen molar-refractivity contribution in [1.29, 1.82) is 0 Å². The van der Waals surface area contributed by atoms with Crippen LogP contribution in [0.1, 0.15) is 74.9 Å². The molecular weight excluding hydrogens is 490 g/mol. The third-order valence-electron chi connectivity index (χ3n) is 6.44. The van der Waals surface area contributed by atoms with Crippen LogP contribution in [-0.4, -0.2) is 41.0 Å². The zero-order valence-electron chi connectivity index (χ0n) is 25.0. The molecule has 0 saturated heterocycles. The molecule has 39 heavy (non-hydrogen) atoms. The number of benzene rings is 2. The topological polar surface area (TPSA) is 87.7 Å². The number of para-hydroxylation sites is 1. The molecule has 0 heterocycles. The van der Waals surface area contributed by atoms with Crippen molar-refractivity contribution in [3.8, 4) is 0 Å². The standard InChI is InChI=1S/C32H45N3O4/c1-11-17-35(30(37)26(18-20(2)3)33-31(38)39-32(8,9)10)28(25-16-15-21(4)24(7)19-25)29(36)34-27-22(5)13-12-14-23(27)6/h11-16,19-20,26,28H,1,17-18H2,2-10H3,(H,33,38)(H,34,36). The van der Waals surface area contributed by atoms with Gasteiger partial charge in [0.2, 0.25) is 5.91 Å². The molecule has 2 aromatic rings. The van der Waals surface area contributed by atoms with Crippen LogP contribution in [-0.2, 0) is 14.3 Å². The normalized spacial score (nSPS) is 12.9. The molecule has 3 amide bonds. The molecule has 7 nitrogen and oxygen atoms in total. The lowest BCUT2D eigenvalue weighted by molar-refractivity contribution is -0.140. The maximum atomic E-state index is 14.2. The van der Waals surface area contributed by atoms with Crippen molar-refractivity contribution in [2.24, 2.45) is 5.92 Å². The first-order valence-corrected chi connectivity index (χ1v) is 13.5. The Hall–Kier alpha value is -3.61. The highest BCUT2D eigenvalue weighted by molar-refractivity contribution is 6.00. The van der Waals surface area contributed by atoms with Crippen LogP contribution in [0.5, 0.6) is 0 Å². The average Bonchev–Trinajstić information content (AvgIpc) is 2.81. The summed E-state index contributed by atoms with van der Waals surface area (Å²) in [7, 11) is 0. The zero-order chi connectivity index (χ0) is 29.5. The van der Waals surface area contributed by atoms with E-state index in [4.69, 9.17) is 4.74 Å². The van der Waals surface area contributed by atoms with Gasteiger partial charge in [-0.2, -0.15) is 0 Å². The average molecular weight is 536 g/mol. The van der Waals surface area contributed by atoms with Gasteiger partial charge >= 0.3 is 6.09 Å². The highest BCUT2D eigenvalue weighted by Crippen LogP contribution is 2.28. The van der Waals surface area contributed by atoms with Gasteiger partial charge in [-0.1, -0.05) is 56.3 Å². The summed E-state index contributed by atoms with van der Waals surface area (Å²) in [5.41, 5.74) is 4.61. The molecule has 0 spiro atoms. The van der Waals surface area contributed by atoms with Crippen molar-refractivity contribution in [2.45, 2.75) is 86.4 Å². The van der Waals surface area contributed by atoms with E-state index in [-0.39, 0.29) is 24.3 Å². The second kappa shape index (κ2) is 13.5. The van der Waals surface area contributed by atoms with E-state index in [1.54, 1.807) is 26.8 Å². The number of ether oxygens (including phenoxy) is 1. The number of nitrogens with zero attached hydrogens (tertiary/aromatic N) is 1. The van der Waals surface area contributed by atoms with Gasteiger partial charge in [-0.05, 0) is 88.6 Å². The van der Waals surface area contributed by atoms with E-state index in [0.29, 0.717) is 17.7 Å². The highest BCUT2D eigenvalue weighted by Gasteiger charge is 2.36. The summed E-state index contributed by atoms with van der Waals surface area (Å²) >= 11 is 0. The molecule has 7 heteroatoms. The molecule has 0 bridgehead atoms. The van der Waals surface area contributed by atoms with Gasteiger partial charge in [0.05, 0.1) is 0 Å². The third-order valence-corrected chi connectivity index (χ3v) is 6.44. The van der Waals surface area contributed by atoms with Gasteiger partial charge in [0.1, 0.15) is 17.7 Å². The lowest BCUT2D eigenvalue weighted by Gasteiger charge is -2.34. The van der Waals surface area contributed by atoms with Crippen molar-refractivity contribution in [3.63, 3.8) is 0 Å². The van der Waals surface area contributed by atoms with E-state index < -0.39 is 23.8 Å². The van der Waals surface area contributed by atoms with Crippen LogP contribution in [0.15, 0.2) is 49.1 Å². The SMILES string of the molecule is C=CCN(C(=O)C(CC(C)C)NC(=O)OC(C)(C)C)C(C(=O)Nc1c(C)cccc1C)c1ccc(C)c(C)c1. The van der Waals surface area contributed by atoms with Gasteiger partial charge in [-0.15, -0.1) is 6.58 Å². The minimum atomic E-state index is -0.955. The number of carbonyl (C=O) groups excluding carboxylic acids is 3. The van der Waals surface area contributed by atoms with E-state index in [9.17, 15) is 14.4 Å². The summed E-state index contributed by atoms with van der Waals surface area (Å²) in [5.74, 6) is -0.622. The number of aryl methyl sites for hydroxylation is 4. The number of carbonyl (C=O) groups is 3. The quantitative estimate of drug-likeness (QED) is 0.338. The van der Waals surface area contributed by atoms with E-state index in [1.807, 2.05) is 77.9 Å². The van der Waals surface area contributed by atoms with Crippen molar-refractivity contribution in [1.82, 2.24) is 10.2 Å². The molecule has 2 unspecified atom stereocenters. The van der Waals surface area contributed by atoms with Gasteiger partial charge in [-0.25, -0.2) is 4.79 Å². The van der Waals surface area contributed by atoms with Crippen LogP contribution < -0.4 is 10.6 Å². The Kier molecular flexibility index (Phi) is 10.9. The number of rotatable bonds is 10. The van der Waals surface area contributed by atoms with Crippen LogP contribution >= 0.6 is 0 Å². The monoisotopic (exact) mass is 535 g/mol. The minimum absolute atomic E-state index is 0.1000. The Morgan fingerprint density at radius 3 is 2.10 bits per heavy atom. The van der Waals surface area contributed by atoms with E-state index in [1.165, 1.54) is 4.90 Å². The molecule has 212 valence electrons. The number of hydrogen-bond acceptors (Lipinski definition) is 4. The molecule has 2 N–H and O–H groups in total. The predicted molar refractivity (Wildman–Crippen MR) is 158 cm³/mol. The zero-order valence-corrected chi connectivity index (χ0v) is 25.0. The molecule has 0 aliphatic rings. The lowest BCUT2D eigenvalue weighted by atomic mass is 9.96. The summed E-state index contributed by atoms with van der Waals surface area (Å²) in [6.45, 7) is 21.1. The number of alkyl carbamates (subject to hydrolysis) is 1. The Bertz CT molecular complexity index is 1180. The van der Waals surface area contributed by atoms with E-state index >= 15 is 0 Å². The van der Waals surface area contributed by atoms with Gasteiger partial charge in [0, 0.05) is 12.2 Å². The second-order valence-electron chi connectivity index (χ2n) is 11.6. The summed E-state index contributed by atoms with van der Waals surface area (Å²) < 4.78 is 5.45. The Morgan fingerprint density at radius 1 is 0.974 bits per heavy atom. The molecule has 0 fully saturated rings. The Labute approximate surface area is 234 Å². The number of nitrogens with one attached hydrogen (secondary N) is 2. The van der Waals surface area contributed by atoms with Crippen LogP contribution in [0.2, 0.25) is 0 Å². The highest BCUT2D eigenvalue weighted by atomic mass is 16.6. The van der Waals surface area contributed by atoms with Gasteiger partial charge < -0.3 is 20.3 Å². The summed E-state index contributed by atoms with van der Waals surface area (Å²) in [5, 5.41) is 5.84. The van der Waals surface area contributed by atoms with Crippen molar-refractivity contribution >= 4 is 23.6 Å². The fraction of sp³-hybridized carbons (Fsp3) is 0.469. The molecule has 0 aliphatic carbocycles. The predicted octanol–water partition coefficient (Wildman–Crippen LogP) is 6.55. The molecule has 2 atom stereocenters. The van der Waals surface area contributed by atoms with Crippen molar-refractivity contribution < 1.29 is 19.1 Å². The minimum Gasteiger partial charge on any atom is -0.444 e. The van der Waals surface area contributed by atoms with E-state index in [0.717, 1.165) is 22.3 Å². The van der Waals surface area contributed by atoms with Crippen LogP contribution in [0, 0.1) is 33.6 Å². The maximum absolute atomic E-state index is 14.2. The Morgan fingerprint density at radius 2 is 1.59 bits per heavy atom. The largest absolute Gasteiger partial charge is 0.444 e. The third kappa shape index (κ3) is 8.98. The maximum Gasteiger partial charge on any atom is 0.408 e. The van der Waals surface area contributed by atoms with E-state index in [2.05, 4.69) is 17.2 Å². The number of hydrogen-bond donors (Lipinski definition) is 2. The molecule has 2 rings (SSSR count). The van der Waals surface area contributed by atoms with Gasteiger partial charge in [-0.3, -0.25) is 9.59 Å². The number of anilines is 1. The Balaban J connectivity index is 2.59. The van der Waals surface area contributed by atoms with Crippen molar-refractivity contribution in [2.75, 3.05) is 11.9 Å². The summed E-state index contributed by atoms with van der Waals surface area (Å²) in [6.07, 6.45) is 1.30. The number of amides is 3. The first kappa shape index (κ1) is 31.6. The molecule has 0 radical (unpaired) electrons. The smallest absolute Gasteiger partial charge is 0.408 e. The van der Waals surface area contributed by atoms with Crippen molar-refractivity contribution in [3.05, 3.63) is 76.9 Å². The fourth-order valence-corrected chi connectivity index (χ4v) is 4.42. The van der Waals surface area contributed by atoms with Crippen LogP contribution in [0.3, 0.4) is 0 Å². The second-order valence-corrected chi connectivity index (χ2v) is 11.6. The van der Waals surface area contributed by atoms with Crippen LogP contribution in [0.4, 0.5) is 10.5 Å². The molecular formula is C32H45N3O4. The first-order valence-electron chi connectivity index (χ1n) is 13.5. The van der Waals surface area contributed by atoms with Gasteiger partial charge in [0.15, 0.2) is 0 Å². The molecule has 0 aromatic heterocycles. The fourth-order valence-electron chi connectivity index (χ4n) is 4.42. The van der Waals surface area contributed by atoms with Gasteiger partial charge in [0.25, 0.3) is 5.91 Å². The molecule has 0 saturated carbocycles. The summed E-state index contributed by atoms with van der Waals surface area (Å²) in [4.78, 5) is 42.4. The molecule has 2 aromatic carbocycles. The lowest BCUT2D eigenvalue weighted by Crippen LogP contribution is -2.52. The van der Waals surface area contributed by atoms with Crippen LogP contribution in [0.25, 0.3) is 0 Å².